The van der Waals surface area contributed by atoms with Crippen molar-refractivity contribution in [3.63, 3.8) is 0 Å². The molecule has 0 radical (unpaired) electrons. The number of hydrogen-bond acceptors (Lipinski definition) is 5. The Balaban J connectivity index is 1.49. The summed E-state index contributed by atoms with van der Waals surface area (Å²) in [6, 6.07) is 5.30. The maximum Gasteiger partial charge on any atom is 0.433 e. The zero-order valence-corrected chi connectivity index (χ0v) is 21.0. The van der Waals surface area contributed by atoms with Crippen molar-refractivity contribution < 1.29 is 23.1 Å². The fourth-order valence-electron chi connectivity index (χ4n) is 4.62. The fraction of sp³-hybridized carbons (Fsp3) is 0.480. The molecule has 11 heteroatoms. The lowest BCUT2D eigenvalue weighted by Gasteiger charge is -2.31. The van der Waals surface area contributed by atoms with Crippen LogP contribution in [0.1, 0.15) is 61.3 Å². The second kappa shape index (κ2) is 9.89. The fourth-order valence-corrected chi connectivity index (χ4v) is 4.79. The van der Waals surface area contributed by atoms with Gasteiger partial charge in [0.25, 0.3) is 5.91 Å². The summed E-state index contributed by atoms with van der Waals surface area (Å²) < 4.78 is 41.9. The summed E-state index contributed by atoms with van der Waals surface area (Å²) in [5.74, 6) is -0.263. The number of nitrogens with zero attached hydrogens (tertiary/aromatic N) is 3. The van der Waals surface area contributed by atoms with E-state index in [2.05, 4.69) is 20.7 Å². The van der Waals surface area contributed by atoms with Crippen LogP contribution in [0.4, 0.5) is 18.9 Å². The van der Waals surface area contributed by atoms with Crippen LogP contribution in [-0.4, -0.2) is 43.5 Å². The van der Waals surface area contributed by atoms with Crippen molar-refractivity contribution >= 4 is 34.1 Å². The Hall–Kier alpha value is -2.85. The molecule has 3 aromatic rings. The Labute approximate surface area is 212 Å². The number of anilines is 1. The molecule has 36 heavy (non-hydrogen) atoms. The van der Waals surface area contributed by atoms with Crippen molar-refractivity contribution in [1.82, 2.24) is 20.1 Å². The van der Waals surface area contributed by atoms with Crippen LogP contribution < -0.4 is 10.6 Å². The van der Waals surface area contributed by atoms with Crippen molar-refractivity contribution in [2.45, 2.75) is 76.9 Å². The Bertz CT molecular complexity index is 1270. The molecule has 1 fully saturated rings. The van der Waals surface area contributed by atoms with Gasteiger partial charge < -0.3 is 15.7 Å². The first-order valence-corrected chi connectivity index (χ1v) is 12.2. The molecule has 3 N–H and O–H groups in total. The minimum absolute atomic E-state index is 0.145. The van der Waals surface area contributed by atoms with Gasteiger partial charge in [-0.05, 0) is 70.7 Å². The van der Waals surface area contributed by atoms with Gasteiger partial charge >= 0.3 is 6.18 Å². The Kier molecular flexibility index (Phi) is 7.21. The second-order valence-electron chi connectivity index (χ2n) is 10.0. The van der Waals surface area contributed by atoms with Crippen molar-refractivity contribution in [2.24, 2.45) is 0 Å². The summed E-state index contributed by atoms with van der Waals surface area (Å²) in [5.41, 5.74) is -0.437. The largest absolute Gasteiger partial charge is 0.433 e. The first-order valence-electron chi connectivity index (χ1n) is 11.8. The molecule has 0 saturated heterocycles. The third-order valence-electron chi connectivity index (χ3n) is 6.17. The van der Waals surface area contributed by atoms with Gasteiger partial charge in [-0.2, -0.15) is 18.3 Å². The van der Waals surface area contributed by atoms with E-state index in [-0.39, 0.29) is 30.1 Å². The summed E-state index contributed by atoms with van der Waals surface area (Å²) in [5, 5.41) is 21.6. The predicted octanol–water partition coefficient (Wildman–Crippen LogP) is 5.34. The van der Waals surface area contributed by atoms with Crippen LogP contribution in [0.3, 0.4) is 0 Å². The van der Waals surface area contributed by atoms with E-state index in [0.29, 0.717) is 33.8 Å². The number of hydrogen-bond donors (Lipinski definition) is 3. The monoisotopic (exact) mass is 523 g/mol. The van der Waals surface area contributed by atoms with E-state index in [1.54, 1.807) is 37.7 Å². The van der Waals surface area contributed by atoms with Crippen LogP contribution in [0.2, 0.25) is 5.02 Å². The number of nitrogens with one attached hydrogen (secondary N) is 2. The maximum absolute atomic E-state index is 13.5. The minimum Gasteiger partial charge on any atom is -0.389 e. The standard InChI is InChI=1S/C25H29ClF3N5O2/c1-14-19(12-34(33-14)13-24(2,3)36)23(35)31-17-6-4-5-16(10-17)30-21-11-22(25(27,28)29)32-20-8-7-15(26)9-18(20)21/h7-9,11-12,16-17,36H,4-6,10,13H2,1-3H3,(H,30,32)(H,31,35)/t16-,17+/m0/s1. The molecule has 0 bridgehead atoms. The number of amides is 1. The van der Waals surface area contributed by atoms with Gasteiger partial charge in [-0.3, -0.25) is 9.48 Å². The number of aryl methyl sites for hydroxylation is 1. The quantitative estimate of drug-likeness (QED) is 0.406. The molecule has 1 aliphatic rings. The van der Waals surface area contributed by atoms with E-state index in [9.17, 15) is 23.1 Å². The highest BCUT2D eigenvalue weighted by Gasteiger charge is 2.34. The lowest BCUT2D eigenvalue weighted by molar-refractivity contribution is -0.140. The second-order valence-corrected chi connectivity index (χ2v) is 10.5. The average molecular weight is 524 g/mol. The smallest absolute Gasteiger partial charge is 0.389 e. The van der Waals surface area contributed by atoms with Crippen LogP contribution in [-0.2, 0) is 12.7 Å². The Morgan fingerprint density at radius 2 is 1.94 bits per heavy atom. The average Bonchev–Trinajstić information content (AvgIpc) is 3.12. The number of aromatic nitrogens is 3. The number of benzene rings is 1. The molecule has 1 saturated carbocycles. The molecule has 0 aliphatic heterocycles. The van der Waals surface area contributed by atoms with Crippen molar-refractivity contribution in [1.29, 1.82) is 0 Å². The highest BCUT2D eigenvalue weighted by atomic mass is 35.5. The van der Waals surface area contributed by atoms with E-state index in [4.69, 9.17) is 11.6 Å². The van der Waals surface area contributed by atoms with E-state index in [1.165, 1.54) is 12.1 Å². The molecule has 0 spiro atoms. The molecular formula is C25H29ClF3N5O2. The normalized spacial score (nSPS) is 18.9. The molecule has 2 atom stereocenters. The summed E-state index contributed by atoms with van der Waals surface area (Å²) in [6.45, 7) is 5.31. The summed E-state index contributed by atoms with van der Waals surface area (Å²) in [4.78, 5) is 16.7. The van der Waals surface area contributed by atoms with Gasteiger partial charge in [0.05, 0.1) is 28.9 Å². The third-order valence-corrected chi connectivity index (χ3v) is 6.41. The van der Waals surface area contributed by atoms with E-state index in [1.807, 2.05) is 0 Å². The number of carbonyl (C=O) groups is 1. The SMILES string of the molecule is Cc1nn(CC(C)(C)O)cc1C(=O)N[C@@H]1CCC[C@H](Nc2cc(C(F)(F)F)nc3ccc(Cl)cc23)C1. The molecule has 0 unspecified atom stereocenters. The number of alkyl halides is 3. The Morgan fingerprint density at radius 1 is 1.22 bits per heavy atom. The zero-order chi connectivity index (χ0) is 26.3. The highest BCUT2D eigenvalue weighted by molar-refractivity contribution is 6.31. The summed E-state index contributed by atoms with van der Waals surface area (Å²) >= 11 is 6.11. The van der Waals surface area contributed by atoms with Gasteiger partial charge in [-0.15, -0.1) is 0 Å². The summed E-state index contributed by atoms with van der Waals surface area (Å²) in [7, 11) is 0. The van der Waals surface area contributed by atoms with Crippen LogP contribution in [0.15, 0.2) is 30.5 Å². The number of fused-ring (bicyclic) bond motifs is 1. The predicted molar refractivity (Wildman–Crippen MR) is 132 cm³/mol. The molecule has 1 aliphatic carbocycles. The molecule has 7 nitrogen and oxygen atoms in total. The van der Waals surface area contributed by atoms with E-state index < -0.39 is 17.5 Å². The van der Waals surface area contributed by atoms with Gasteiger partial charge in [0, 0.05) is 34.4 Å². The molecule has 1 amide bonds. The van der Waals surface area contributed by atoms with E-state index >= 15 is 0 Å². The molecule has 194 valence electrons. The van der Waals surface area contributed by atoms with Crippen LogP contribution in [0.25, 0.3) is 10.9 Å². The van der Waals surface area contributed by atoms with Gasteiger partial charge in [0.1, 0.15) is 5.69 Å². The first kappa shape index (κ1) is 26.2. The van der Waals surface area contributed by atoms with Crippen LogP contribution in [0, 0.1) is 6.92 Å². The number of rotatable bonds is 6. The topological polar surface area (TPSA) is 92.1 Å². The maximum atomic E-state index is 13.5. The first-order chi connectivity index (χ1) is 16.8. The highest BCUT2D eigenvalue weighted by Crippen LogP contribution is 2.35. The molecule has 2 aromatic heterocycles. The third kappa shape index (κ3) is 6.28. The number of pyridine rings is 1. The Morgan fingerprint density at radius 3 is 2.64 bits per heavy atom. The zero-order valence-electron chi connectivity index (χ0n) is 20.3. The van der Waals surface area contributed by atoms with Gasteiger partial charge in [0.2, 0.25) is 0 Å². The molecule has 4 rings (SSSR count). The minimum atomic E-state index is -4.58. The molecule has 1 aromatic carbocycles. The summed E-state index contributed by atoms with van der Waals surface area (Å²) in [6.07, 6.45) is -0.102. The number of halogens is 4. The molecule has 2 heterocycles. The number of carbonyl (C=O) groups excluding carboxylic acids is 1. The van der Waals surface area contributed by atoms with Gasteiger partial charge in [0.15, 0.2) is 0 Å². The van der Waals surface area contributed by atoms with E-state index in [0.717, 1.165) is 25.3 Å². The van der Waals surface area contributed by atoms with Crippen LogP contribution >= 0.6 is 11.6 Å². The lowest BCUT2D eigenvalue weighted by Crippen LogP contribution is -2.42. The van der Waals surface area contributed by atoms with Crippen molar-refractivity contribution in [3.8, 4) is 0 Å². The lowest BCUT2D eigenvalue weighted by atomic mass is 9.90. The van der Waals surface area contributed by atoms with Gasteiger partial charge in [-0.25, -0.2) is 4.98 Å². The van der Waals surface area contributed by atoms with Crippen LogP contribution in [0.5, 0.6) is 0 Å². The van der Waals surface area contributed by atoms with Crippen molar-refractivity contribution in [2.75, 3.05) is 5.32 Å². The van der Waals surface area contributed by atoms with Crippen molar-refractivity contribution in [3.05, 3.63) is 52.4 Å². The molecular weight excluding hydrogens is 495 g/mol. The van der Waals surface area contributed by atoms with Gasteiger partial charge in [-0.1, -0.05) is 11.6 Å². The number of aliphatic hydroxyl groups is 1.